The molecule has 4 rings (SSSR count). The number of benzene rings is 4. The fourth-order valence-electron chi connectivity index (χ4n) is 5.97. The molecule has 4 aromatic carbocycles. The van der Waals surface area contributed by atoms with Crippen molar-refractivity contribution in [1.82, 2.24) is 20.4 Å². The van der Waals surface area contributed by atoms with E-state index < -0.39 is 0 Å². The van der Waals surface area contributed by atoms with Crippen molar-refractivity contribution in [3.05, 3.63) is 144 Å². The molecular weight excluding hydrogens is 697 g/mol. The number of amides is 4. The van der Waals surface area contributed by atoms with E-state index in [1.165, 1.54) is 0 Å². The second-order valence-corrected chi connectivity index (χ2v) is 13.1. The molecule has 0 saturated carbocycles. The van der Waals surface area contributed by atoms with Gasteiger partial charge >= 0.3 is 12.1 Å². The van der Waals surface area contributed by atoms with Gasteiger partial charge in [-0.25, -0.2) is 19.6 Å². The normalized spacial score (nSPS) is 12.3. The van der Waals surface area contributed by atoms with Crippen molar-refractivity contribution < 1.29 is 9.59 Å². The maximum Gasteiger partial charge on any atom is 0.323 e. The van der Waals surface area contributed by atoms with E-state index in [9.17, 15) is 9.59 Å². The highest BCUT2D eigenvalue weighted by Gasteiger charge is 2.16. The average Bonchev–Trinajstić information content (AvgIpc) is 3.24. The molecule has 0 radical (unpaired) electrons. The van der Waals surface area contributed by atoms with E-state index in [4.69, 9.17) is 20.0 Å². The SMILES string of the molecule is CCN(CC)C(=O)NC(=NC(=NCCCCCCCCN=C(N=C(NC(=O)N(CC)CC)c1ccccc1)c1ccccc1)c1ccccc1)c1ccccc1. The number of aliphatic imine (C=N–C) groups is 4. The monoisotopic (exact) mass is 754 g/mol. The Morgan fingerprint density at radius 1 is 0.429 bits per heavy atom. The minimum atomic E-state index is -0.184. The van der Waals surface area contributed by atoms with Crippen molar-refractivity contribution in [3.8, 4) is 0 Å². The van der Waals surface area contributed by atoms with Crippen molar-refractivity contribution in [2.45, 2.75) is 66.2 Å². The summed E-state index contributed by atoms with van der Waals surface area (Å²) in [5.74, 6) is 2.16. The number of rotatable bonds is 17. The van der Waals surface area contributed by atoms with Crippen LogP contribution in [-0.2, 0) is 0 Å². The summed E-state index contributed by atoms with van der Waals surface area (Å²) in [5, 5.41) is 6.08. The van der Waals surface area contributed by atoms with Gasteiger partial charge in [-0.15, -0.1) is 0 Å². The van der Waals surface area contributed by atoms with E-state index in [0.717, 1.165) is 60.8 Å². The molecule has 0 aliphatic rings. The third-order valence-corrected chi connectivity index (χ3v) is 9.24. The first-order chi connectivity index (χ1) is 27.5. The molecular formula is C46H58N8O2. The molecule has 0 atom stereocenters. The number of hydrogen-bond acceptors (Lipinski definition) is 4. The van der Waals surface area contributed by atoms with Crippen LogP contribution in [0.15, 0.2) is 141 Å². The van der Waals surface area contributed by atoms with Crippen LogP contribution in [0.1, 0.15) is 88.5 Å². The minimum Gasteiger partial charge on any atom is -0.325 e. The zero-order chi connectivity index (χ0) is 39.8. The van der Waals surface area contributed by atoms with Crippen molar-refractivity contribution in [2.75, 3.05) is 39.3 Å². The molecule has 0 aliphatic carbocycles. The maximum atomic E-state index is 13.1. The first kappa shape index (κ1) is 42.8. The third kappa shape index (κ3) is 14.1. The molecule has 0 aromatic heterocycles. The van der Waals surface area contributed by atoms with Crippen LogP contribution in [0, 0.1) is 0 Å². The Bertz CT molecular complexity index is 1730. The largest absolute Gasteiger partial charge is 0.325 e. The van der Waals surface area contributed by atoms with Gasteiger partial charge in [-0.05, 0) is 40.5 Å². The molecule has 56 heavy (non-hydrogen) atoms. The van der Waals surface area contributed by atoms with E-state index in [2.05, 4.69) is 10.6 Å². The zero-order valence-corrected chi connectivity index (χ0v) is 33.5. The molecule has 0 heterocycles. The van der Waals surface area contributed by atoms with Gasteiger partial charge in [0.2, 0.25) is 0 Å². The van der Waals surface area contributed by atoms with Crippen LogP contribution in [-0.4, -0.2) is 84.5 Å². The Hall–Kier alpha value is -5.90. The summed E-state index contributed by atoms with van der Waals surface area (Å²) in [6.45, 7) is 11.5. The summed E-state index contributed by atoms with van der Waals surface area (Å²) in [5.41, 5.74) is 3.45. The molecule has 4 aromatic rings. The lowest BCUT2D eigenvalue weighted by Crippen LogP contribution is -2.43. The van der Waals surface area contributed by atoms with E-state index in [0.29, 0.717) is 62.6 Å². The summed E-state index contributed by atoms with van der Waals surface area (Å²) in [4.78, 5) is 49.4. The second kappa shape index (κ2) is 24.5. The van der Waals surface area contributed by atoms with Gasteiger partial charge in [-0.2, -0.15) is 0 Å². The van der Waals surface area contributed by atoms with Crippen LogP contribution >= 0.6 is 0 Å². The quantitative estimate of drug-likeness (QED) is 0.0636. The summed E-state index contributed by atoms with van der Waals surface area (Å²) in [7, 11) is 0. The van der Waals surface area contributed by atoms with Gasteiger partial charge in [0.25, 0.3) is 0 Å². The number of hydrogen-bond donors (Lipinski definition) is 2. The first-order valence-electron chi connectivity index (χ1n) is 20.1. The number of nitrogens with zero attached hydrogens (tertiary/aromatic N) is 6. The van der Waals surface area contributed by atoms with Gasteiger partial charge < -0.3 is 9.80 Å². The predicted octanol–water partition coefficient (Wildman–Crippen LogP) is 9.22. The molecule has 0 aliphatic heterocycles. The number of urea groups is 2. The Morgan fingerprint density at radius 3 is 1.02 bits per heavy atom. The molecule has 10 nitrogen and oxygen atoms in total. The van der Waals surface area contributed by atoms with E-state index in [1.54, 1.807) is 9.80 Å². The van der Waals surface area contributed by atoms with Gasteiger partial charge in [0.1, 0.15) is 11.7 Å². The van der Waals surface area contributed by atoms with Crippen LogP contribution in [0.3, 0.4) is 0 Å². The summed E-state index contributed by atoms with van der Waals surface area (Å²) >= 11 is 0. The van der Waals surface area contributed by atoms with Crippen LogP contribution in [0.25, 0.3) is 0 Å². The Morgan fingerprint density at radius 2 is 0.714 bits per heavy atom. The van der Waals surface area contributed by atoms with Crippen LogP contribution in [0.2, 0.25) is 0 Å². The van der Waals surface area contributed by atoms with E-state index >= 15 is 0 Å². The molecule has 2 N–H and O–H groups in total. The van der Waals surface area contributed by atoms with Crippen molar-refractivity contribution in [1.29, 1.82) is 0 Å². The summed E-state index contributed by atoms with van der Waals surface area (Å²) in [6.07, 6.45) is 6.16. The molecule has 294 valence electrons. The molecule has 0 fully saturated rings. The third-order valence-electron chi connectivity index (χ3n) is 9.24. The topological polar surface area (TPSA) is 114 Å². The first-order valence-corrected chi connectivity index (χ1v) is 20.1. The highest BCUT2D eigenvalue weighted by molar-refractivity contribution is 6.16. The lowest BCUT2D eigenvalue weighted by atomic mass is 10.1. The Balaban J connectivity index is 1.37. The van der Waals surface area contributed by atoms with Crippen LogP contribution < -0.4 is 10.6 Å². The fraction of sp³-hybridized carbons (Fsp3) is 0.348. The predicted molar refractivity (Wildman–Crippen MR) is 232 cm³/mol. The number of nitrogens with one attached hydrogen (secondary N) is 2. The summed E-state index contributed by atoms with van der Waals surface area (Å²) < 4.78 is 0. The molecule has 10 heteroatoms. The molecule has 0 unspecified atom stereocenters. The average molecular weight is 755 g/mol. The van der Waals surface area contributed by atoms with Crippen molar-refractivity contribution in [2.24, 2.45) is 20.0 Å². The smallest absolute Gasteiger partial charge is 0.323 e. The zero-order valence-electron chi connectivity index (χ0n) is 33.5. The van der Waals surface area contributed by atoms with Crippen LogP contribution in [0.5, 0.6) is 0 Å². The highest BCUT2D eigenvalue weighted by atomic mass is 16.2. The highest BCUT2D eigenvalue weighted by Crippen LogP contribution is 2.12. The number of carbonyl (C=O) groups excluding carboxylic acids is 2. The number of carbonyl (C=O) groups is 2. The molecule has 0 saturated heterocycles. The summed E-state index contributed by atoms with van der Waals surface area (Å²) in [6, 6.07) is 38.9. The Labute approximate surface area is 333 Å². The van der Waals surface area contributed by atoms with Gasteiger partial charge in [0.15, 0.2) is 11.7 Å². The lowest BCUT2D eigenvalue weighted by Gasteiger charge is -2.20. The van der Waals surface area contributed by atoms with Gasteiger partial charge in [0, 0.05) is 61.5 Å². The van der Waals surface area contributed by atoms with Crippen molar-refractivity contribution >= 4 is 35.4 Å². The van der Waals surface area contributed by atoms with Crippen molar-refractivity contribution in [3.63, 3.8) is 0 Å². The van der Waals surface area contributed by atoms with Gasteiger partial charge in [0.05, 0.1) is 0 Å². The second-order valence-electron chi connectivity index (χ2n) is 13.1. The number of amidine groups is 4. The standard InChI is InChI=1S/C46H58N8O2/c1-5-53(6-2)45(55)51-43(39-31-21-15-22-32-39)49-41(37-27-17-13-18-28-37)47-35-25-11-9-10-12-26-36-48-42(38-29-19-14-20-30-38)50-44(40-33-23-16-24-34-40)52-46(56)54(7-3)8-4/h13-24,27-34H,5-12,25-26,35-36H2,1-4H3,(H,47,49,51,55)(H,48,50,52,56). The minimum absolute atomic E-state index is 0.184. The van der Waals surface area contributed by atoms with Crippen LogP contribution in [0.4, 0.5) is 9.59 Å². The lowest BCUT2D eigenvalue weighted by molar-refractivity contribution is 0.207. The van der Waals surface area contributed by atoms with Gasteiger partial charge in [-0.1, -0.05) is 147 Å². The Kier molecular flexibility index (Phi) is 18.7. The van der Waals surface area contributed by atoms with E-state index in [1.807, 2.05) is 149 Å². The van der Waals surface area contributed by atoms with E-state index in [-0.39, 0.29) is 12.1 Å². The molecule has 4 amide bonds. The molecule has 0 spiro atoms. The maximum absolute atomic E-state index is 13.1. The van der Waals surface area contributed by atoms with Gasteiger partial charge in [-0.3, -0.25) is 20.6 Å². The number of unbranched alkanes of at least 4 members (excludes halogenated alkanes) is 5. The molecule has 0 bridgehead atoms. The fourth-order valence-corrected chi connectivity index (χ4v) is 5.97.